The predicted octanol–water partition coefficient (Wildman–Crippen LogP) is 3.50. The topological polar surface area (TPSA) is 34.1 Å². The second-order valence-corrected chi connectivity index (χ2v) is 4.78. The van der Waals surface area contributed by atoms with E-state index in [0.717, 1.165) is 21.1 Å². The number of anilines is 1. The average Bonchev–Trinajstić information content (AvgIpc) is 2.72. The van der Waals surface area contributed by atoms with Crippen LogP contribution in [0.25, 0.3) is 10.2 Å². The first-order chi connectivity index (χ1) is 8.33. The van der Waals surface area contributed by atoms with Crippen molar-refractivity contribution in [2.24, 2.45) is 0 Å². The highest BCUT2D eigenvalue weighted by atomic mass is 127. The maximum absolute atomic E-state index is 5.46. The number of aromatic nitrogens is 1. The lowest BCUT2D eigenvalue weighted by Gasteiger charge is -2.00. The van der Waals surface area contributed by atoms with Crippen molar-refractivity contribution in [3.8, 4) is 15.6 Å². The van der Waals surface area contributed by atoms with Crippen molar-refractivity contribution in [2.45, 2.75) is 6.92 Å². The Hall–Kier alpha value is -1.00. The third-order valence-corrected chi connectivity index (χ3v) is 3.42. The molecule has 2 rings (SSSR count). The summed E-state index contributed by atoms with van der Waals surface area (Å²) in [5.41, 5.74) is 0.989. The lowest BCUT2D eigenvalue weighted by molar-refractivity contribution is 0.341. The molecule has 1 aromatic carbocycles. The average molecular weight is 358 g/mol. The molecule has 0 radical (unpaired) electrons. The molecule has 0 atom stereocenters. The number of hydrogen-bond acceptors (Lipinski definition) is 4. The lowest BCUT2D eigenvalue weighted by atomic mass is 10.3. The van der Waals surface area contributed by atoms with Crippen LogP contribution >= 0.6 is 33.9 Å². The molecule has 0 aliphatic rings. The second-order valence-electron chi connectivity index (χ2n) is 3.21. The zero-order valence-corrected chi connectivity index (χ0v) is 12.3. The van der Waals surface area contributed by atoms with Gasteiger partial charge in [-0.15, -0.1) is 0 Å². The quantitative estimate of drug-likeness (QED) is 0.671. The van der Waals surface area contributed by atoms with Crippen LogP contribution < -0.4 is 10.1 Å². The zero-order valence-electron chi connectivity index (χ0n) is 9.29. The van der Waals surface area contributed by atoms with Crippen molar-refractivity contribution in [2.75, 3.05) is 18.5 Å². The molecular weight excluding hydrogens is 347 g/mol. The summed E-state index contributed by atoms with van der Waals surface area (Å²) in [4.78, 5) is 4.47. The Balaban J connectivity index is 2.20. The van der Waals surface area contributed by atoms with E-state index in [9.17, 15) is 0 Å². The molecule has 3 nitrogen and oxygen atoms in total. The van der Waals surface area contributed by atoms with Gasteiger partial charge >= 0.3 is 0 Å². The van der Waals surface area contributed by atoms with Gasteiger partial charge in [0.05, 0.1) is 23.4 Å². The lowest BCUT2D eigenvalue weighted by Crippen LogP contribution is -1.96. The van der Waals surface area contributed by atoms with Gasteiger partial charge in [0.25, 0.3) is 0 Å². The van der Waals surface area contributed by atoms with Gasteiger partial charge in [-0.2, -0.15) is 0 Å². The number of ether oxygens (including phenoxy) is 1. The number of nitrogens with zero attached hydrogens (tertiary/aromatic N) is 1. The summed E-state index contributed by atoms with van der Waals surface area (Å²) in [6.07, 6.45) is 0. The highest BCUT2D eigenvalue weighted by molar-refractivity contribution is 14.1. The highest BCUT2D eigenvalue weighted by Crippen LogP contribution is 2.29. The van der Waals surface area contributed by atoms with Crippen molar-refractivity contribution >= 4 is 49.3 Å². The second kappa shape index (κ2) is 6.07. The van der Waals surface area contributed by atoms with Crippen molar-refractivity contribution < 1.29 is 4.74 Å². The van der Waals surface area contributed by atoms with Crippen molar-refractivity contribution in [1.29, 1.82) is 0 Å². The summed E-state index contributed by atoms with van der Waals surface area (Å²) >= 11 is 3.64. The van der Waals surface area contributed by atoms with Crippen LogP contribution in [0.1, 0.15) is 6.92 Å². The third-order valence-electron chi connectivity index (χ3n) is 2.07. The Morgan fingerprint density at radius 3 is 3.18 bits per heavy atom. The van der Waals surface area contributed by atoms with Crippen LogP contribution in [0.5, 0.6) is 5.75 Å². The summed E-state index contributed by atoms with van der Waals surface area (Å²) in [7, 11) is 0. The SMILES string of the molecule is CCOc1ccc2nc(NCC#CI)sc2c1. The van der Waals surface area contributed by atoms with Gasteiger partial charge in [0, 0.05) is 22.6 Å². The van der Waals surface area contributed by atoms with E-state index in [0.29, 0.717) is 13.2 Å². The summed E-state index contributed by atoms with van der Waals surface area (Å²) in [6.45, 7) is 3.29. The maximum atomic E-state index is 5.46. The summed E-state index contributed by atoms with van der Waals surface area (Å²) in [5.74, 6) is 3.83. The summed E-state index contributed by atoms with van der Waals surface area (Å²) in [5, 5.41) is 4.07. The molecule has 0 aliphatic heterocycles. The molecule has 88 valence electrons. The molecule has 0 bridgehead atoms. The van der Waals surface area contributed by atoms with Gasteiger partial charge in [-0.3, -0.25) is 0 Å². The minimum atomic E-state index is 0.626. The van der Waals surface area contributed by atoms with Gasteiger partial charge in [-0.25, -0.2) is 4.98 Å². The van der Waals surface area contributed by atoms with Gasteiger partial charge in [0.2, 0.25) is 0 Å². The number of rotatable bonds is 4. The zero-order chi connectivity index (χ0) is 12.1. The largest absolute Gasteiger partial charge is 0.494 e. The maximum Gasteiger partial charge on any atom is 0.184 e. The van der Waals surface area contributed by atoms with E-state index >= 15 is 0 Å². The van der Waals surface area contributed by atoms with E-state index in [4.69, 9.17) is 4.74 Å². The molecule has 0 spiro atoms. The van der Waals surface area contributed by atoms with Crippen molar-refractivity contribution in [3.63, 3.8) is 0 Å². The Kier molecular flexibility index (Phi) is 4.45. The Bertz CT molecular complexity index is 571. The Labute approximate surface area is 118 Å². The van der Waals surface area contributed by atoms with E-state index in [1.807, 2.05) is 47.7 Å². The predicted molar refractivity (Wildman–Crippen MR) is 81.1 cm³/mol. The molecule has 0 saturated heterocycles. The van der Waals surface area contributed by atoms with Crippen molar-refractivity contribution in [3.05, 3.63) is 18.2 Å². The normalized spacial score (nSPS) is 9.76. The van der Waals surface area contributed by atoms with E-state index in [-0.39, 0.29) is 0 Å². The molecule has 5 heteroatoms. The first kappa shape index (κ1) is 12.5. The van der Waals surface area contributed by atoms with Crippen LogP contribution in [0, 0.1) is 9.85 Å². The molecule has 17 heavy (non-hydrogen) atoms. The Morgan fingerprint density at radius 2 is 2.41 bits per heavy atom. The molecular formula is C12H11IN2OS. The van der Waals surface area contributed by atoms with Gasteiger partial charge in [0.1, 0.15) is 5.75 Å². The number of thiazole rings is 1. The van der Waals surface area contributed by atoms with Crippen LogP contribution in [-0.2, 0) is 0 Å². The van der Waals surface area contributed by atoms with E-state index in [1.165, 1.54) is 0 Å². The smallest absolute Gasteiger partial charge is 0.184 e. The Morgan fingerprint density at radius 1 is 1.53 bits per heavy atom. The standard InChI is InChI=1S/C12H11IN2OS/c1-2-16-9-4-5-10-11(8-9)17-12(15-10)14-7-3-6-13/h4-5,8H,2,7H2,1H3,(H,14,15). The van der Waals surface area contributed by atoms with E-state index in [1.54, 1.807) is 11.3 Å². The number of halogens is 1. The van der Waals surface area contributed by atoms with Gasteiger partial charge in [-0.1, -0.05) is 17.3 Å². The van der Waals surface area contributed by atoms with Gasteiger partial charge in [-0.05, 0) is 29.1 Å². The van der Waals surface area contributed by atoms with Crippen LogP contribution in [-0.4, -0.2) is 18.1 Å². The van der Waals surface area contributed by atoms with Crippen LogP contribution in [0.2, 0.25) is 0 Å². The number of fused-ring (bicyclic) bond motifs is 1. The van der Waals surface area contributed by atoms with Crippen LogP contribution in [0.3, 0.4) is 0 Å². The monoisotopic (exact) mass is 358 g/mol. The molecule has 0 amide bonds. The van der Waals surface area contributed by atoms with Crippen LogP contribution in [0.15, 0.2) is 18.2 Å². The molecule has 0 fully saturated rings. The highest BCUT2D eigenvalue weighted by Gasteiger charge is 2.04. The number of nitrogens with one attached hydrogen (secondary N) is 1. The molecule has 0 aliphatic carbocycles. The van der Waals surface area contributed by atoms with E-state index in [2.05, 4.69) is 20.1 Å². The molecule has 1 heterocycles. The number of benzene rings is 1. The summed E-state index contributed by atoms with van der Waals surface area (Å²) in [6, 6.07) is 5.94. The number of hydrogen-bond donors (Lipinski definition) is 1. The molecule has 2 aromatic rings. The van der Waals surface area contributed by atoms with Gasteiger partial charge < -0.3 is 10.1 Å². The molecule has 0 saturated carbocycles. The minimum absolute atomic E-state index is 0.626. The third kappa shape index (κ3) is 3.23. The minimum Gasteiger partial charge on any atom is -0.494 e. The summed E-state index contributed by atoms with van der Waals surface area (Å²) < 4.78 is 9.39. The first-order valence-corrected chi connectivity index (χ1v) is 7.08. The fourth-order valence-corrected chi connectivity index (χ4v) is 2.47. The fraction of sp³-hybridized carbons (Fsp3) is 0.250. The first-order valence-electron chi connectivity index (χ1n) is 5.19. The van der Waals surface area contributed by atoms with E-state index < -0.39 is 0 Å². The molecule has 1 aromatic heterocycles. The molecule has 1 N–H and O–H groups in total. The molecule has 0 unspecified atom stereocenters. The van der Waals surface area contributed by atoms with Crippen molar-refractivity contribution in [1.82, 2.24) is 4.98 Å². The van der Waals surface area contributed by atoms with Gasteiger partial charge in [0.15, 0.2) is 5.13 Å². The fourth-order valence-electron chi connectivity index (χ4n) is 1.39. The van der Waals surface area contributed by atoms with Crippen LogP contribution in [0.4, 0.5) is 5.13 Å².